The topological polar surface area (TPSA) is 180 Å². The number of carbonyl (C=O) groups excluding carboxylic acids is 4. The number of halogens is 3. The highest BCUT2D eigenvalue weighted by Crippen LogP contribution is 2.43. The summed E-state index contributed by atoms with van der Waals surface area (Å²) in [7, 11) is -6.36. The molecule has 0 saturated heterocycles. The Morgan fingerprint density at radius 3 is 1.56 bits per heavy atom. The summed E-state index contributed by atoms with van der Waals surface area (Å²) in [4.78, 5) is 61.5. The third-order valence-electron chi connectivity index (χ3n) is 11.4. The summed E-state index contributed by atoms with van der Waals surface area (Å²) in [5.74, 6) is -2.30. The summed E-state index contributed by atoms with van der Waals surface area (Å²) in [5, 5.41) is 0. The van der Waals surface area contributed by atoms with Crippen LogP contribution in [-0.2, 0) is 33.4 Å². The van der Waals surface area contributed by atoms with Crippen LogP contribution >= 0.6 is 0 Å². The summed E-state index contributed by atoms with van der Waals surface area (Å²) >= 11 is 0. The first-order chi connectivity index (χ1) is 31.9. The number of amides is 4. The molecule has 4 heterocycles. The van der Waals surface area contributed by atoms with Gasteiger partial charge in [0.2, 0.25) is 0 Å². The second-order valence-electron chi connectivity index (χ2n) is 19.0. The van der Waals surface area contributed by atoms with Gasteiger partial charge in [0, 0.05) is 73.2 Å². The molecule has 68 heavy (non-hydrogen) atoms. The average Bonchev–Trinajstić information content (AvgIpc) is 3.85. The van der Waals surface area contributed by atoms with E-state index in [9.17, 15) is 40.8 Å². The van der Waals surface area contributed by atoms with Gasteiger partial charge in [0.25, 0.3) is 23.6 Å². The lowest BCUT2D eigenvalue weighted by Crippen LogP contribution is -2.45. The molecular weight excluding hydrogens is 950 g/mol. The fraction of sp³-hybridized carbons (Fsp3) is 0.511. The Hall–Kier alpha value is -5.37. The molecule has 0 N–H and O–H groups in total. The summed E-state index contributed by atoms with van der Waals surface area (Å²) in [5.41, 5.74) is -4.38. The van der Waals surface area contributed by atoms with E-state index in [1.54, 1.807) is 18.3 Å². The Kier molecular flexibility index (Phi) is 15.8. The van der Waals surface area contributed by atoms with Crippen LogP contribution in [-0.4, -0.2) is 130 Å². The van der Waals surface area contributed by atoms with Crippen molar-refractivity contribution < 1.29 is 73.4 Å². The van der Waals surface area contributed by atoms with E-state index in [2.05, 4.69) is 43.5 Å². The lowest BCUT2D eigenvalue weighted by molar-refractivity contribution is -0.123. The van der Waals surface area contributed by atoms with E-state index in [1.807, 2.05) is 19.1 Å². The Bertz CT molecular complexity index is 2490. The van der Waals surface area contributed by atoms with Crippen molar-refractivity contribution in [1.29, 1.82) is 0 Å². The SMILES string of the molecule is C/C=C/C1=CN2C(=O)c3cc(OC)c(OCCCOc4cc5c(cc4OC)C(=O)N4C=C(OS(=O)(=O)C(F)(F)F)C[C@H]4C(=O)N5COCC[Si](C)(C)C)cc3N(COCC[Si](C)(C)C)C(=O)[C@@H]2C1. The van der Waals surface area contributed by atoms with Crippen LogP contribution in [0.1, 0.15) is 46.9 Å². The van der Waals surface area contributed by atoms with Crippen LogP contribution in [0, 0.1) is 0 Å². The highest BCUT2D eigenvalue weighted by molar-refractivity contribution is 7.87. The maximum absolute atomic E-state index is 14.2. The average molecular weight is 1010 g/mol. The lowest BCUT2D eigenvalue weighted by atomic mass is 10.1. The third kappa shape index (κ3) is 11.7. The predicted molar refractivity (Wildman–Crippen MR) is 251 cm³/mol. The molecule has 372 valence electrons. The van der Waals surface area contributed by atoms with Crippen molar-refractivity contribution in [3.05, 3.63) is 71.3 Å². The zero-order valence-electron chi connectivity index (χ0n) is 39.7. The molecule has 0 spiro atoms. The van der Waals surface area contributed by atoms with Crippen molar-refractivity contribution in [2.45, 2.75) is 95.1 Å². The van der Waals surface area contributed by atoms with Crippen molar-refractivity contribution in [2.75, 3.05) is 63.9 Å². The minimum Gasteiger partial charge on any atom is -0.493 e. The number of hydrogen-bond donors (Lipinski definition) is 0. The zero-order valence-corrected chi connectivity index (χ0v) is 42.5. The Morgan fingerprint density at radius 1 is 0.676 bits per heavy atom. The van der Waals surface area contributed by atoms with Crippen LogP contribution in [0.4, 0.5) is 24.5 Å². The Labute approximate surface area is 396 Å². The minimum atomic E-state index is -6.09. The first kappa shape index (κ1) is 52.0. The summed E-state index contributed by atoms with van der Waals surface area (Å²) in [6.07, 6.45) is 6.16. The molecule has 0 fully saturated rings. The van der Waals surface area contributed by atoms with E-state index in [-0.39, 0.29) is 91.3 Å². The number of carbonyl (C=O) groups is 4. The van der Waals surface area contributed by atoms with Gasteiger partial charge in [-0.2, -0.15) is 21.6 Å². The van der Waals surface area contributed by atoms with Gasteiger partial charge in [0.15, 0.2) is 23.0 Å². The largest absolute Gasteiger partial charge is 0.534 e. The second kappa shape index (κ2) is 20.7. The first-order valence-electron chi connectivity index (χ1n) is 22.1. The van der Waals surface area contributed by atoms with Gasteiger partial charge in [-0.1, -0.05) is 51.4 Å². The molecule has 4 aliphatic rings. The number of benzene rings is 2. The molecule has 17 nitrogen and oxygen atoms in total. The third-order valence-corrected chi connectivity index (χ3v) is 15.8. The number of nitrogens with zero attached hydrogens (tertiary/aromatic N) is 4. The fourth-order valence-electron chi connectivity index (χ4n) is 7.68. The smallest absolute Gasteiger partial charge is 0.493 e. The quantitative estimate of drug-likeness (QED) is 0.0521. The van der Waals surface area contributed by atoms with E-state index in [1.165, 1.54) is 36.2 Å². The van der Waals surface area contributed by atoms with Gasteiger partial charge in [-0.15, -0.1) is 0 Å². The molecular formula is C45H59F3N4O13SSi2. The molecule has 2 aromatic rings. The van der Waals surface area contributed by atoms with E-state index in [4.69, 9.17) is 28.4 Å². The van der Waals surface area contributed by atoms with E-state index in [0.717, 1.165) is 33.7 Å². The van der Waals surface area contributed by atoms with Gasteiger partial charge in [-0.25, -0.2) is 0 Å². The van der Waals surface area contributed by atoms with Crippen LogP contribution in [0.15, 0.2) is 60.1 Å². The zero-order chi connectivity index (χ0) is 49.9. The van der Waals surface area contributed by atoms with Crippen LogP contribution in [0.5, 0.6) is 23.0 Å². The number of fused-ring (bicyclic) bond motifs is 4. The van der Waals surface area contributed by atoms with Gasteiger partial charge in [0.05, 0.1) is 49.9 Å². The Balaban J connectivity index is 1.22. The van der Waals surface area contributed by atoms with Crippen molar-refractivity contribution in [1.82, 2.24) is 9.80 Å². The second-order valence-corrected chi connectivity index (χ2v) is 31.7. The van der Waals surface area contributed by atoms with Crippen molar-refractivity contribution in [2.24, 2.45) is 0 Å². The van der Waals surface area contributed by atoms with Crippen LogP contribution in [0.2, 0.25) is 51.4 Å². The molecule has 23 heteroatoms. The molecule has 0 saturated carbocycles. The molecule has 6 rings (SSSR count). The predicted octanol–water partition coefficient (Wildman–Crippen LogP) is 7.47. The van der Waals surface area contributed by atoms with Crippen LogP contribution in [0.3, 0.4) is 0 Å². The monoisotopic (exact) mass is 1010 g/mol. The maximum atomic E-state index is 14.2. The molecule has 4 aliphatic heterocycles. The number of methoxy groups -OCH3 is 2. The first-order valence-corrected chi connectivity index (χ1v) is 30.9. The number of hydrogen-bond acceptors (Lipinski definition) is 13. The van der Waals surface area contributed by atoms with Gasteiger partial charge in [0.1, 0.15) is 31.3 Å². The summed E-state index contributed by atoms with van der Waals surface area (Å²) in [6, 6.07) is 5.29. The van der Waals surface area contributed by atoms with Crippen LogP contribution < -0.4 is 28.7 Å². The molecule has 0 bridgehead atoms. The van der Waals surface area contributed by atoms with Crippen LogP contribution in [0.25, 0.3) is 0 Å². The molecule has 4 amide bonds. The van der Waals surface area contributed by atoms with E-state index in [0.29, 0.717) is 18.7 Å². The number of allylic oxidation sites excluding steroid dienone is 2. The van der Waals surface area contributed by atoms with Crippen molar-refractivity contribution in [3.8, 4) is 23.0 Å². The molecule has 0 aliphatic carbocycles. The molecule has 2 atom stereocenters. The molecule has 0 unspecified atom stereocenters. The highest BCUT2D eigenvalue weighted by Gasteiger charge is 2.51. The van der Waals surface area contributed by atoms with Gasteiger partial charge < -0.3 is 37.5 Å². The standard InChI is InChI=1S/C45H59F3N4O13SSi2/c1-10-12-29-19-35-43(55)51(27-61-15-17-67(4,5)6)33-23-39(37(59-2)21-31(33)41(53)49(35)25-29)63-13-11-14-64-40-24-34-32(22-38(40)60-3)42(54)50-26-30(65-66(57,58)45(46,47)48)20-36(50)44(56)52(34)28-62-16-18-68(7,8)9/h10,12,21-26,35-36H,11,13-20,27-28H2,1-9H3/b12-10+/t35-,36-/m0/s1. The minimum absolute atomic E-state index is 0.0222. The molecule has 0 radical (unpaired) electrons. The van der Waals surface area contributed by atoms with E-state index < -0.39 is 67.9 Å². The molecule has 0 aromatic heterocycles. The number of alkyl halides is 3. The highest BCUT2D eigenvalue weighted by atomic mass is 32.2. The van der Waals surface area contributed by atoms with Crippen molar-refractivity contribution in [3.63, 3.8) is 0 Å². The molecule has 2 aromatic carbocycles. The van der Waals surface area contributed by atoms with Gasteiger partial charge >= 0.3 is 15.6 Å². The maximum Gasteiger partial charge on any atom is 0.534 e. The summed E-state index contributed by atoms with van der Waals surface area (Å²) < 4.78 is 103. The van der Waals surface area contributed by atoms with Gasteiger partial charge in [-0.05, 0) is 36.7 Å². The lowest BCUT2D eigenvalue weighted by Gasteiger charge is -2.27. The fourth-order valence-corrected chi connectivity index (χ4v) is 9.68. The van der Waals surface area contributed by atoms with Crippen molar-refractivity contribution >= 4 is 61.3 Å². The Morgan fingerprint density at radius 2 is 1.13 bits per heavy atom. The van der Waals surface area contributed by atoms with Gasteiger partial charge in [-0.3, -0.25) is 33.9 Å². The number of anilines is 2. The normalized spacial score (nSPS) is 18.8. The van der Waals surface area contributed by atoms with E-state index >= 15 is 0 Å². The number of rotatable bonds is 21. The summed E-state index contributed by atoms with van der Waals surface area (Å²) in [6.45, 7) is 15.3. The number of ether oxygens (including phenoxy) is 6.